The molecule has 1 N–H and O–H groups in total. The normalized spacial score (nSPS) is 10.8. The Labute approximate surface area is 125 Å². The average Bonchev–Trinajstić information content (AvgIpc) is 2.80. The first kappa shape index (κ1) is 13.1. The zero-order chi connectivity index (χ0) is 14.1. The molecule has 0 aliphatic carbocycles. The van der Waals surface area contributed by atoms with Crippen LogP contribution in [0, 0.1) is 6.92 Å². The number of hydrogen-bond acceptors (Lipinski definition) is 5. The van der Waals surface area contributed by atoms with E-state index >= 15 is 0 Å². The Morgan fingerprint density at radius 2 is 2.05 bits per heavy atom. The van der Waals surface area contributed by atoms with Gasteiger partial charge in [-0.15, -0.1) is 11.3 Å². The summed E-state index contributed by atoms with van der Waals surface area (Å²) in [5.41, 5.74) is 0.804. The first-order valence-corrected chi connectivity index (χ1v) is 7.20. The molecule has 3 rings (SSSR count). The van der Waals surface area contributed by atoms with E-state index in [9.17, 15) is 0 Å². The summed E-state index contributed by atoms with van der Waals surface area (Å²) in [6, 6.07) is 9.59. The number of nitrogens with one attached hydrogen (secondary N) is 1. The summed E-state index contributed by atoms with van der Waals surface area (Å²) in [4.78, 5) is 10.8. The van der Waals surface area contributed by atoms with Gasteiger partial charge in [0.25, 0.3) is 0 Å². The second kappa shape index (κ2) is 5.26. The Morgan fingerprint density at radius 1 is 1.25 bits per heavy atom. The third-order valence-electron chi connectivity index (χ3n) is 2.82. The first-order chi connectivity index (χ1) is 9.67. The van der Waals surface area contributed by atoms with Crippen LogP contribution in [0.4, 0.5) is 11.6 Å². The van der Waals surface area contributed by atoms with Crippen LogP contribution in [0.25, 0.3) is 10.2 Å². The standard InChI is InChI=1S/C14H12ClN3OS/c1-8-7-9-12(15)17-14(18-13(9)20-8)16-10-5-3-4-6-11(10)19-2/h3-7H,1-2H3,(H,16,17,18). The van der Waals surface area contributed by atoms with Gasteiger partial charge in [-0.2, -0.15) is 0 Å². The third-order valence-corrected chi connectivity index (χ3v) is 4.06. The van der Waals surface area contributed by atoms with Crippen LogP contribution in [0.1, 0.15) is 4.88 Å². The number of fused-ring (bicyclic) bond motifs is 1. The van der Waals surface area contributed by atoms with Crippen molar-refractivity contribution in [3.8, 4) is 5.75 Å². The minimum atomic E-state index is 0.455. The second-order valence-electron chi connectivity index (χ2n) is 4.24. The molecule has 0 spiro atoms. The van der Waals surface area contributed by atoms with Crippen LogP contribution in [-0.4, -0.2) is 17.1 Å². The molecule has 2 aromatic heterocycles. The Balaban J connectivity index is 2.02. The number of aryl methyl sites for hydroxylation is 1. The number of methoxy groups -OCH3 is 1. The van der Waals surface area contributed by atoms with E-state index in [1.165, 1.54) is 0 Å². The van der Waals surface area contributed by atoms with Crippen molar-refractivity contribution < 1.29 is 4.74 Å². The molecule has 6 heteroatoms. The maximum Gasteiger partial charge on any atom is 0.230 e. The smallest absolute Gasteiger partial charge is 0.230 e. The summed E-state index contributed by atoms with van der Waals surface area (Å²) in [6.45, 7) is 2.02. The van der Waals surface area contributed by atoms with E-state index < -0.39 is 0 Å². The molecule has 3 aromatic rings. The van der Waals surface area contributed by atoms with Crippen molar-refractivity contribution in [2.24, 2.45) is 0 Å². The summed E-state index contributed by atoms with van der Waals surface area (Å²) in [5, 5.41) is 4.48. The van der Waals surface area contributed by atoms with Crippen LogP contribution in [0.5, 0.6) is 5.75 Å². The monoisotopic (exact) mass is 305 g/mol. The fraction of sp³-hybridized carbons (Fsp3) is 0.143. The van der Waals surface area contributed by atoms with E-state index in [1.54, 1.807) is 18.4 Å². The van der Waals surface area contributed by atoms with Gasteiger partial charge in [-0.05, 0) is 25.1 Å². The number of rotatable bonds is 3. The highest BCUT2D eigenvalue weighted by Gasteiger charge is 2.10. The number of nitrogens with zero attached hydrogens (tertiary/aromatic N) is 2. The fourth-order valence-electron chi connectivity index (χ4n) is 1.93. The molecule has 0 bridgehead atoms. The van der Waals surface area contributed by atoms with Gasteiger partial charge in [0.2, 0.25) is 5.95 Å². The molecule has 0 aliphatic rings. The molecule has 1 aromatic carbocycles. The molecule has 0 unspecified atom stereocenters. The van der Waals surface area contributed by atoms with E-state index in [2.05, 4.69) is 15.3 Å². The molecular formula is C14H12ClN3OS. The Kier molecular flexibility index (Phi) is 3.46. The predicted octanol–water partition coefficient (Wildman–Crippen LogP) is 4.41. The number of hydrogen-bond donors (Lipinski definition) is 1. The van der Waals surface area contributed by atoms with E-state index in [4.69, 9.17) is 16.3 Å². The molecule has 20 heavy (non-hydrogen) atoms. The molecule has 4 nitrogen and oxygen atoms in total. The highest BCUT2D eigenvalue weighted by molar-refractivity contribution is 7.18. The van der Waals surface area contributed by atoms with Crippen molar-refractivity contribution in [2.75, 3.05) is 12.4 Å². The zero-order valence-corrected chi connectivity index (χ0v) is 12.5. The van der Waals surface area contributed by atoms with Gasteiger partial charge < -0.3 is 10.1 Å². The van der Waals surface area contributed by atoms with Crippen LogP contribution in [-0.2, 0) is 0 Å². The molecule has 0 radical (unpaired) electrons. The number of thiophene rings is 1. The Hall–Kier alpha value is -1.85. The van der Waals surface area contributed by atoms with Crippen molar-refractivity contribution >= 4 is 44.8 Å². The molecule has 2 heterocycles. The van der Waals surface area contributed by atoms with Crippen molar-refractivity contribution in [1.29, 1.82) is 0 Å². The number of anilines is 2. The summed E-state index contributed by atoms with van der Waals surface area (Å²) in [7, 11) is 1.63. The lowest BCUT2D eigenvalue weighted by molar-refractivity contribution is 0.417. The topological polar surface area (TPSA) is 47.0 Å². The summed E-state index contributed by atoms with van der Waals surface area (Å²) >= 11 is 7.79. The van der Waals surface area contributed by atoms with E-state index in [0.29, 0.717) is 11.1 Å². The summed E-state index contributed by atoms with van der Waals surface area (Å²) in [6.07, 6.45) is 0. The highest BCUT2D eigenvalue weighted by Crippen LogP contribution is 2.31. The first-order valence-electron chi connectivity index (χ1n) is 6.01. The highest BCUT2D eigenvalue weighted by atomic mass is 35.5. The number of para-hydroxylation sites is 2. The largest absolute Gasteiger partial charge is 0.495 e. The SMILES string of the molecule is COc1ccccc1Nc1nc(Cl)c2cc(C)sc2n1. The van der Waals surface area contributed by atoms with E-state index in [0.717, 1.165) is 26.5 Å². The summed E-state index contributed by atoms with van der Waals surface area (Å²) in [5.74, 6) is 1.20. The lowest BCUT2D eigenvalue weighted by Gasteiger charge is -2.09. The van der Waals surface area contributed by atoms with Crippen molar-refractivity contribution in [1.82, 2.24) is 9.97 Å². The molecule has 0 amide bonds. The van der Waals surface area contributed by atoms with Crippen LogP contribution >= 0.6 is 22.9 Å². The van der Waals surface area contributed by atoms with E-state index in [1.807, 2.05) is 37.3 Å². The molecule has 0 saturated carbocycles. The number of halogens is 1. The Morgan fingerprint density at radius 3 is 2.85 bits per heavy atom. The molecule has 0 saturated heterocycles. The van der Waals surface area contributed by atoms with Gasteiger partial charge in [-0.1, -0.05) is 23.7 Å². The second-order valence-corrected chi connectivity index (χ2v) is 5.83. The lowest BCUT2D eigenvalue weighted by atomic mass is 10.3. The van der Waals surface area contributed by atoms with Crippen LogP contribution < -0.4 is 10.1 Å². The number of ether oxygens (including phenoxy) is 1. The van der Waals surface area contributed by atoms with Gasteiger partial charge in [0.05, 0.1) is 12.8 Å². The fourth-order valence-corrected chi connectivity index (χ4v) is 3.09. The molecular weight excluding hydrogens is 294 g/mol. The maximum absolute atomic E-state index is 6.20. The van der Waals surface area contributed by atoms with Crippen molar-refractivity contribution in [2.45, 2.75) is 6.92 Å². The van der Waals surface area contributed by atoms with Gasteiger partial charge in [0.1, 0.15) is 15.7 Å². The van der Waals surface area contributed by atoms with Gasteiger partial charge in [0.15, 0.2) is 0 Å². The van der Waals surface area contributed by atoms with Crippen molar-refractivity contribution in [3.63, 3.8) is 0 Å². The molecule has 102 valence electrons. The van der Waals surface area contributed by atoms with E-state index in [-0.39, 0.29) is 0 Å². The van der Waals surface area contributed by atoms with Gasteiger partial charge in [-0.3, -0.25) is 0 Å². The maximum atomic E-state index is 6.20. The minimum absolute atomic E-state index is 0.455. The van der Waals surface area contributed by atoms with Crippen LogP contribution in [0.15, 0.2) is 30.3 Å². The predicted molar refractivity (Wildman–Crippen MR) is 83.4 cm³/mol. The number of aromatic nitrogens is 2. The molecule has 0 fully saturated rings. The average molecular weight is 306 g/mol. The minimum Gasteiger partial charge on any atom is -0.495 e. The van der Waals surface area contributed by atoms with Gasteiger partial charge >= 0.3 is 0 Å². The van der Waals surface area contributed by atoms with Crippen LogP contribution in [0.3, 0.4) is 0 Å². The van der Waals surface area contributed by atoms with Crippen LogP contribution in [0.2, 0.25) is 5.15 Å². The lowest BCUT2D eigenvalue weighted by Crippen LogP contribution is -1.99. The molecule has 0 atom stereocenters. The Bertz CT molecular complexity index is 772. The summed E-state index contributed by atoms with van der Waals surface area (Å²) < 4.78 is 5.29. The third kappa shape index (κ3) is 2.42. The quantitative estimate of drug-likeness (QED) is 0.728. The van der Waals surface area contributed by atoms with Gasteiger partial charge in [0, 0.05) is 10.3 Å². The molecule has 0 aliphatic heterocycles. The number of benzene rings is 1. The zero-order valence-electron chi connectivity index (χ0n) is 11.0. The van der Waals surface area contributed by atoms with Crippen molar-refractivity contribution in [3.05, 3.63) is 40.4 Å². The van der Waals surface area contributed by atoms with Gasteiger partial charge in [-0.25, -0.2) is 9.97 Å².